The van der Waals surface area contributed by atoms with E-state index in [1.165, 1.54) is 6.26 Å². The summed E-state index contributed by atoms with van der Waals surface area (Å²) in [6, 6.07) is -0.136. The summed E-state index contributed by atoms with van der Waals surface area (Å²) < 4.78 is 36.6. The Balaban J connectivity index is 1.69. The third-order valence-electron chi connectivity index (χ3n) is 4.64. The Morgan fingerprint density at radius 3 is 2.73 bits per heavy atom. The maximum absolute atomic E-state index is 11.5. The highest BCUT2D eigenvalue weighted by Crippen LogP contribution is 2.32. The zero-order valence-electron chi connectivity index (χ0n) is 13.2. The van der Waals surface area contributed by atoms with E-state index in [1.807, 2.05) is 13.8 Å². The van der Waals surface area contributed by atoms with Crippen LogP contribution in [0.15, 0.2) is 4.52 Å². The summed E-state index contributed by atoms with van der Waals surface area (Å²) >= 11 is 0. The van der Waals surface area contributed by atoms with Crippen LogP contribution in [0.2, 0.25) is 0 Å². The maximum Gasteiger partial charge on any atom is 0.209 e. The lowest BCUT2D eigenvalue weighted by Gasteiger charge is -2.32. The first-order chi connectivity index (χ1) is 10.3. The molecule has 7 nitrogen and oxygen atoms in total. The molecule has 8 heteroatoms. The molecule has 0 aliphatic carbocycles. The largest absolute Gasteiger partial charge is 0.379 e. The smallest absolute Gasteiger partial charge is 0.209 e. The average molecular weight is 329 g/mol. The van der Waals surface area contributed by atoms with Crippen molar-refractivity contribution >= 4 is 10.0 Å². The molecule has 1 aromatic rings. The first kappa shape index (κ1) is 15.9. The molecule has 22 heavy (non-hydrogen) atoms. The highest BCUT2D eigenvalue weighted by atomic mass is 32.2. The van der Waals surface area contributed by atoms with Gasteiger partial charge in [-0.2, -0.15) is 0 Å². The van der Waals surface area contributed by atoms with Crippen molar-refractivity contribution in [2.24, 2.45) is 11.8 Å². The number of fused-ring (bicyclic) bond motifs is 1. The summed E-state index contributed by atoms with van der Waals surface area (Å²) in [6.45, 7) is 7.60. The van der Waals surface area contributed by atoms with Crippen LogP contribution in [0.25, 0.3) is 0 Å². The van der Waals surface area contributed by atoms with Gasteiger partial charge in [0.2, 0.25) is 10.0 Å². The molecule has 0 radical (unpaired) electrons. The number of ether oxygens (including phenoxy) is 1. The molecule has 0 bridgehead atoms. The lowest BCUT2D eigenvalue weighted by atomic mass is 9.88. The number of sulfonamides is 1. The molecular formula is C14H23N3O4S. The van der Waals surface area contributed by atoms with Gasteiger partial charge in [0.25, 0.3) is 0 Å². The van der Waals surface area contributed by atoms with E-state index >= 15 is 0 Å². The van der Waals surface area contributed by atoms with E-state index in [-0.39, 0.29) is 6.04 Å². The van der Waals surface area contributed by atoms with Crippen LogP contribution in [0.1, 0.15) is 17.0 Å². The van der Waals surface area contributed by atoms with Crippen molar-refractivity contribution in [3.8, 4) is 0 Å². The van der Waals surface area contributed by atoms with Gasteiger partial charge in [-0.3, -0.25) is 4.90 Å². The zero-order valence-corrected chi connectivity index (χ0v) is 14.0. The second-order valence-corrected chi connectivity index (χ2v) is 8.23. The maximum atomic E-state index is 11.5. The lowest BCUT2D eigenvalue weighted by molar-refractivity contribution is 0.0164. The number of hydrogen-bond donors (Lipinski definition) is 1. The minimum absolute atomic E-state index is 0.136. The number of likely N-dealkylation sites (tertiary alicyclic amines) is 1. The first-order valence-corrected chi connectivity index (χ1v) is 9.42. The second kappa shape index (κ2) is 5.92. The standard InChI is InChI=1S/C14H23N3O4S/c1-9-12(10(2)21-15-9)5-17-4-11-7-20-8-14(13(11)6-17)16-22(3,18)19/h11,13-14,16H,4-8H2,1-3H3/t11-,13-,14+/m1/s1. The van der Waals surface area contributed by atoms with Gasteiger partial charge in [0.15, 0.2) is 0 Å². The Bertz CT molecular complexity index is 623. The number of nitrogens with zero attached hydrogens (tertiary/aromatic N) is 2. The highest BCUT2D eigenvalue weighted by molar-refractivity contribution is 7.88. The summed E-state index contributed by atoms with van der Waals surface area (Å²) in [7, 11) is -3.22. The van der Waals surface area contributed by atoms with Gasteiger partial charge in [0.1, 0.15) is 5.76 Å². The van der Waals surface area contributed by atoms with Crippen LogP contribution in [0.5, 0.6) is 0 Å². The number of aromatic nitrogens is 1. The molecular weight excluding hydrogens is 306 g/mol. The molecule has 0 saturated carbocycles. The Hall–Kier alpha value is -0.960. The Morgan fingerprint density at radius 2 is 2.09 bits per heavy atom. The molecule has 1 N–H and O–H groups in total. The number of hydrogen-bond acceptors (Lipinski definition) is 6. The third kappa shape index (κ3) is 3.34. The van der Waals surface area contributed by atoms with E-state index in [1.54, 1.807) is 0 Å². The van der Waals surface area contributed by atoms with Gasteiger partial charge in [0, 0.05) is 37.2 Å². The van der Waals surface area contributed by atoms with Crippen LogP contribution >= 0.6 is 0 Å². The summed E-state index contributed by atoms with van der Waals surface area (Å²) in [5.74, 6) is 1.52. The van der Waals surface area contributed by atoms with Gasteiger partial charge in [-0.05, 0) is 19.8 Å². The topological polar surface area (TPSA) is 84.7 Å². The zero-order chi connectivity index (χ0) is 15.9. The van der Waals surface area contributed by atoms with Crippen molar-refractivity contribution in [1.82, 2.24) is 14.8 Å². The SMILES string of the molecule is Cc1noc(C)c1CN1C[C@@H]2COC[C@H](NS(C)(=O)=O)[C@@H]2C1. The molecule has 3 heterocycles. The normalized spacial score (nSPS) is 29.7. The molecule has 0 unspecified atom stereocenters. The molecule has 0 aromatic carbocycles. The molecule has 0 amide bonds. The average Bonchev–Trinajstić information content (AvgIpc) is 2.96. The third-order valence-corrected chi connectivity index (χ3v) is 5.37. The van der Waals surface area contributed by atoms with E-state index in [9.17, 15) is 8.42 Å². The van der Waals surface area contributed by atoms with E-state index < -0.39 is 10.0 Å². The second-order valence-electron chi connectivity index (χ2n) is 6.45. The molecule has 2 fully saturated rings. The molecule has 0 spiro atoms. The van der Waals surface area contributed by atoms with Gasteiger partial charge in [-0.15, -0.1) is 0 Å². The van der Waals surface area contributed by atoms with E-state index in [4.69, 9.17) is 9.26 Å². The van der Waals surface area contributed by atoms with Crippen molar-refractivity contribution in [1.29, 1.82) is 0 Å². The van der Waals surface area contributed by atoms with Gasteiger partial charge < -0.3 is 9.26 Å². The van der Waals surface area contributed by atoms with Gasteiger partial charge in [0.05, 0.1) is 25.2 Å². The fourth-order valence-corrected chi connectivity index (χ4v) is 4.36. The van der Waals surface area contributed by atoms with Crippen molar-refractivity contribution in [3.63, 3.8) is 0 Å². The minimum Gasteiger partial charge on any atom is -0.379 e. The summed E-state index contributed by atoms with van der Waals surface area (Å²) in [6.07, 6.45) is 1.20. The van der Waals surface area contributed by atoms with Gasteiger partial charge in [-0.25, -0.2) is 13.1 Å². The van der Waals surface area contributed by atoms with Crippen LogP contribution < -0.4 is 4.72 Å². The minimum atomic E-state index is -3.22. The molecule has 2 aliphatic heterocycles. The predicted octanol–water partition coefficient (Wildman–Crippen LogP) is 0.287. The van der Waals surface area contributed by atoms with Gasteiger partial charge in [-0.1, -0.05) is 5.16 Å². The number of aryl methyl sites for hydroxylation is 2. The Morgan fingerprint density at radius 1 is 1.32 bits per heavy atom. The number of nitrogens with one attached hydrogen (secondary N) is 1. The molecule has 1 aromatic heterocycles. The van der Waals surface area contributed by atoms with Gasteiger partial charge >= 0.3 is 0 Å². The Kier molecular flexibility index (Phi) is 4.28. The van der Waals surface area contributed by atoms with Crippen LogP contribution in [0.4, 0.5) is 0 Å². The molecule has 2 saturated heterocycles. The fourth-order valence-electron chi connectivity index (χ4n) is 3.57. The van der Waals surface area contributed by atoms with Crippen LogP contribution in [-0.4, -0.2) is 57.1 Å². The lowest BCUT2D eigenvalue weighted by Crippen LogP contribution is -2.49. The van der Waals surface area contributed by atoms with Crippen molar-refractivity contribution in [2.75, 3.05) is 32.6 Å². The summed E-state index contributed by atoms with van der Waals surface area (Å²) in [5.41, 5.74) is 2.06. The molecule has 124 valence electrons. The van der Waals surface area contributed by atoms with E-state index in [0.717, 1.165) is 36.7 Å². The monoisotopic (exact) mass is 329 g/mol. The summed E-state index contributed by atoms with van der Waals surface area (Å²) in [4.78, 5) is 2.34. The number of rotatable bonds is 4. The first-order valence-electron chi connectivity index (χ1n) is 7.52. The van der Waals surface area contributed by atoms with Crippen LogP contribution in [0.3, 0.4) is 0 Å². The molecule has 2 aliphatic rings. The van der Waals surface area contributed by atoms with Crippen molar-refractivity contribution < 1.29 is 17.7 Å². The quantitative estimate of drug-likeness (QED) is 0.854. The van der Waals surface area contributed by atoms with Crippen molar-refractivity contribution in [2.45, 2.75) is 26.4 Å². The van der Waals surface area contributed by atoms with E-state index in [2.05, 4.69) is 14.8 Å². The summed E-state index contributed by atoms with van der Waals surface area (Å²) in [5, 5.41) is 3.99. The van der Waals surface area contributed by atoms with Crippen molar-refractivity contribution in [3.05, 3.63) is 17.0 Å². The predicted molar refractivity (Wildman–Crippen MR) is 80.8 cm³/mol. The Labute approximate surface area is 131 Å². The van der Waals surface area contributed by atoms with E-state index in [0.29, 0.717) is 25.0 Å². The van der Waals surface area contributed by atoms with Crippen LogP contribution in [0, 0.1) is 25.7 Å². The highest BCUT2D eigenvalue weighted by Gasteiger charge is 2.42. The van der Waals surface area contributed by atoms with Crippen LogP contribution in [-0.2, 0) is 21.3 Å². The fraction of sp³-hybridized carbons (Fsp3) is 0.786. The molecule has 3 rings (SSSR count). The molecule has 3 atom stereocenters.